The molecule has 1 aliphatic heterocycles. The first-order chi connectivity index (χ1) is 14.0. The van der Waals surface area contributed by atoms with Crippen LogP contribution in [0.15, 0.2) is 53.5 Å². The van der Waals surface area contributed by atoms with Gasteiger partial charge in [-0.05, 0) is 74.3 Å². The van der Waals surface area contributed by atoms with Gasteiger partial charge in [0.1, 0.15) is 0 Å². The number of benzene rings is 2. The van der Waals surface area contributed by atoms with E-state index in [0.29, 0.717) is 11.8 Å². The van der Waals surface area contributed by atoms with Gasteiger partial charge in [0, 0.05) is 19.4 Å². The highest BCUT2D eigenvalue weighted by Crippen LogP contribution is 2.40. The Morgan fingerprint density at radius 1 is 1.10 bits per heavy atom. The fourth-order valence-electron chi connectivity index (χ4n) is 4.31. The molecule has 0 saturated carbocycles. The molecule has 1 aliphatic rings. The van der Waals surface area contributed by atoms with Gasteiger partial charge >= 0.3 is 0 Å². The maximum atomic E-state index is 5.95. The van der Waals surface area contributed by atoms with E-state index in [1.54, 1.807) is 14.2 Å². The van der Waals surface area contributed by atoms with Gasteiger partial charge in [-0.2, -0.15) is 0 Å². The van der Waals surface area contributed by atoms with Crippen LogP contribution in [0.5, 0.6) is 11.5 Å². The number of ether oxygens (including phenoxy) is 3. The first-order valence-electron chi connectivity index (χ1n) is 10.4. The zero-order valence-electron chi connectivity index (χ0n) is 18.1. The van der Waals surface area contributed by atoms with Crippen LogP contribution in [-0.2, 0) is 4.74 Å². The van der Waals surface area contributed by atoms with E-state index >= 15 is 0 Å². The van der Waals surface area contributed by atoms with Crippen molar-refractivity contribution in [1.82, 2.24) is 0 Å². The fraction of sp³-hybridized carbons (Fsp3) is 0.480. The van der Waals surface area contributed by atoms with Gasteiger partial charge in [-0.25, -0.2) is 0 Å². The van der Waals surface area contributed by atoms with E-state index in [0.717, 1.165) is 49.5 Å². The summed E-state index contributed by atoms with van der Waals surface area (Å²) in [4.78, 5) is 4.72. The molecule has 1 saturated heterocycles. The summed E-state index contributed by atoms with van der Waals surface area (Å²) in [7, 11) is 3.30. The van der Waals surface area contributed by atoms with Crippen LogP contribution < -0.4 is 9.47 Å². The lowest BCUT2D eigenvalue weighted by atomic mass is 9.75. The largest absolute Gasteiger partial charge is 0.493 e. The third-order valence-corrected chi connectivity index (χ3v) is 5.75. The van der Waals surface area contributed by atoms with Gasteiger partial charge in [0.15, 0.2) is 11.5 Å². The topological polar surface area (TPSA) is 40.0 Å². The summed E-state index contributed by atoms with van der Waals surface area (Å²) < 4.78 is 16.6. The van der Waals surface area contributed by atoms with E-state index in [4.69, 9.17) is 19.2 Å². The van der Waals surface area contributed by atoms with Crippen molar-refractivity contribution in [1.29, 1.82) is 0 Å². The van der Waals surface area contributed by atoms with Crippen molar-refractivity contribution in [3.8, 4) is 11.5 Å². The first kappa shape index (κ1) is 21.4. The van der Waals surface area contributed by atoms with E-state index in [9.17, 15) is 0 Å². The van der Waals surface area contributed by atoms with Crippen molar-refractivity contribution in [2.45, 2.75) is 44.6 Å². The zero-order chi connectivity index (χ0) is 20.7. The van der Waals surface area contributed by atoms with Crippen LogP contribution in [0.3, 0.4) is 0 Å². The zero-order valence-corrected chi connectivity index (χ0v) is 18.1. The molecule has 0 amide bonds. The van der Waals surface area contributed by atoms with Crippen LogP contribution in [0.1, 0.15) is 50.2 Å². The predicted octanol–water partition coefficient (Wildman–Crippen LogP) is 5.50. The highest BCUT2D eigenvalue weighted by Gasteiger charge is 2.33. The molecule has 0 radical (unpaired) electrons. The normalized spacial score (nSPS) is 19.8. The molecule has 2 aromatic carbocycles. The van der Waals surface area contributed by atoms with Crippen LogP contribution in [-0.4, -0.2) is 39.2 Å². The fourth-order valence-corrected chi connectivity index (χ4v) is 4.31. The maximum Gasteiger partial charge on any atom is 0.161 e. The van der Waals surface area contributed by atoms with Crippen LogP contribution >= 0.6 is 0 Å². The maximum absolute atomic E-state index is 5.95. The van der Waals surface area contributed by atoms with Gasteiger partial charge in [0.25, 0.3) is 0 Å². The molecule has 29 heavy (non-hydrogen) atoms. The highest BCUT2D eigenvalue weighted by atomic mass is 16.5. The van der Waals surface area contributed by atoms with Crippen LogP contribution in [0.25, 0.3) is 0 Å². The molecule has 4 heteroatoms. The van der Waals surface area contributed by atoms with E-state index in [1.165, 1.54) is 5.56 Å². The van der Waals surface area contributed by atoms with Crippen LogP contribution in [0, 0.1) is 5.92 Å². The lowest BCUT2D eigenvalue weighted by molar-refractivity contribution is -0.0771. The Balaban J connectivity index is 1.68. The molecule has 4 nitrogen and oxygen atoms in total. The minimum Gasteiger partial charge on any atom is -0.493 e. The minimum atomic E-state index is -0.0428. The van der Waals surface area contributed by atoms with Crippen molar-refractivity contribution < 1.29 is 14.2 Å². The van der Waals surface area contributed by atoms with Crippen LogP contribution in [0.2, 0.25) is 0 Å². The number of rotatable bonds is 8. The molecule has 156 valence electrons. The molecule has 3 rings (SSSR count). The second-order valence-corrected chi connectivity index (χ2v) is 8.32. The number of hydrogen-bond donors (Lipinski definition) is 0. The lowest BCUT2D eigenvalue weighted by Crippen LogP contribution is -2.36. The summed E-state index contributed by atoms with van der Waals surface area (Å²) in [5.74, 6) is 2.58. The molecule has 0 unspecified atom stereocenters. The monoisotopic (exact) mass is 395 g/mol. The highest BCUT2D eigenvalue weighted by molar-refractivity contribution is 5.80. The SMILES string of the molecule is COc1ccc(C=NCC[C@@H](c2ccccc2)[C@@H]2CCOC(C)(C)C2)cc1OC. The molecule has 0 aliphatic carbocycles. The second-order valence-electron chi connectivity index (χ2n) is 8.32. The van der Waals surface area contributed by atoms with Gasteiger partial charge in [-0.3, -0.25) is 4.99 Å². The van der Waals surface area contributed by atoms with Crippen molar-refractivity contribution in [2.24, 2.45) is 10.9 Å². The average Bonchev–Trinajstić information content (AvgIpc) is 2.73. The van der Waals surface area contributed by atoms with Gasteiger partial charge in [0.05, 0.1) is 19.8 Å². The smallest absolute Gasteiger partial charge is 0.161 e. The van der Waals surface area contributed by atoms with Crippen molar-refractivity contribution in [3.63, 3.8) is 0 Å². The molecule has 2 aromatic rings. The summed E-state index contributed by atoms with van der Waals surface area (Å²) in [6.07, 6.45) is 5.17. The van der Waals surface area contributed by atoms with E-state index in [-0.39, 0.29) is 5.60 Å². The Labute approximate surface area is 174 Å². The Hall–Kier alpha value is -2.33. The van der Waals surface area contributed by atoms with Gasteiger partial charge in [0.2, 0.25) is 0 Å². The summed E-state index contributed by atoms with van der Waals surface area (Å²) in [6, 6.07) is 16.7. The summed E-state index contributed by atoms with van der Waals surface area (Å²) in [5, 5.41) is 0. The van der Waals surface area contributed by atoms with E-state index in [2.05, 4.69) is 44.2 Å². The molecule has 1 heterocycles. The molecule has 0 spiro atoms. The Bertz CT molecular complexity index is 801. The number of nitrogens with zero attached hydrogens (tertiary/aromatic N) is 1. The minimum absolute atomic E-state index is 0.0428. The molecule has 0 aromatic heterocycles. The Morgan fingerprint density at radius 3 is 2.55 bits per heavy atom. The van der Waals surface area contributed by atoms with Crippen LogP contribution in [0.4, 0.5) is 0 Å². The lowest BCUT2D eigenvalue weighted by Gasteiger charge is -2.39. The molecule has 0 bridgehead atoms. The third kappa shape index (κ3) is 5.83. The van der Waals surface area contributed by atoms with Crippen molar-refractivity contribution in [2.75, 3.05) is 27.4 Å². The van der Waals surface area contributed by atoms with Gasteiger partial charge in [-0.15, -0.1) is 0 Å². The quantitative estimate of drug-likeness (QED) is 0.554. The molecule has 2 atom stereocenters. The van der Waals surface area contributed by atoms with E-state index < -0.39 is 0 Å². The van der Waals surface area contributed by atoms with Crippen molar-refractivity contribution in [3.05, 3.63) is 59.7 Å². The van der Waals surface area contributed by atoms with E-state index in [1.807, 2.05) is 24.4 Å². The average molecular weight is 396 g/mol. The molecular formula is C25H33NO3. The standard InChI is InChI=1S/C25H33NO3/c1-25(2)17-21(13-15-29-25)22(20-8-6-5-7-9-20)12-14-26-18-19-10-11-23(27-3)24(16-19)28-4/h5-11,16,18,21-22H,12-15,17H2,1-4H3/t21-,22+/m1/s1. The number of methoxy groups -OCH3 is 2. The number of aliphatic imine (C=N–C) groups is 1. The third-order valence-electron chi connectivity index (χ3n) is 5.75. The summed E-state index contributed by atoms with van der Waals surface area (Å²) >= 11 is 0. The molecular weight excluding hydrogens is 362 g/mol. The number of hydrogen-bond acceptors (Lipinski definition) is 4. The molecule has 1 fully saturated rings. The summed E-state index contributed by atoms with van der Waals surface area (Å²) in [5.41, 5.74) is 2.39. The second kappa shape index (κ2) is 9.93. The Kier molecular flexibility index (Phi) is 7.32. The van der Waals surface area contributed by atoms with Gasteiger partial charge < -0.3 is 14.2 Å². The Morgan fingerprint density at radius 2 is 1.86 bits per heavy atom. The first-order valence-corrected chi connectivity index (χ1v) is 10.4. The van der Waals surface area contributed by atoms with Gasteiger partial charge in [-0.1, -0.05) is 30.3 Å². The van der Waals surface area contributed by atoms with Crippen molar-refractivity contribution >= 4 is 6.21 Å². The molecule has 0 N–H and O–H groups in total. The summed E-state index contributed by atoms with van der Waals surface area (Å²) in [6.45, 7) is 6.05. The predicted molar refractivity (Wildman–Crippen MR) is 119 cm³/mol.